The van der Waals surface area contributed by atoms with Crippen molar-refractivity contribution in [1.82, 2.24) is 25.1 Å². The molecule has 102 valence electrons. The number of methoxy groups -OCH3 is 1. The highest BCUT2D eigenvalue weighted by molar-refractivity contribution is 7.99. The Bertz CT molecular complexity index is 779. The second-order valence-corrected chi connectivity index (χ2v) is 5.38. The van der Waals surface area contributed by atoms with E-state index in [1.165, 1.54) is 11.8 Å². The number of hydrogen-bond donors (Lipinski definition) is 1. The smallest absolute Gasteiger partial charge is 0.244 e. The number of halogens is 2. The maximum Gasteiger partial charge on any atom is 0.244 e. The van der Waals surface area contributed by atoms with Crippen LogP contribution in [0.1, 0.15) is 0 Å². The molecule has 0 unspecified atom stereocenters. The molecule has 1 aromatic carbocycles. The lowest BCUT2D eigenvalue weighted by molar-refractivity contribution is 0.415. The standard InChI is InChI=1S/C11H7Cl2N5OS/c1-19-5-2-3-6-7(4-5)15-11(14-6)20-9-8(12)17-18-10(13)16-9/h2-4H,1H3,(H,14,15). The van der Waals surface area contributed by atoms with Gasteiger partial charge in [0.05, 0.1) is 18.1 Å². The molecule has 2 heterocycles. The van der Waals surface area contributed by atoms with Crippen molar-refractivity contribution < 1.29 is 4.74 Å². The molecular formula is C11H7Cl2N5OS. The number of benzene rings is 1. The van der Waals surface area contributed by atoms with E-state index in [2.05, 4.69) is 25.1 Å². The van der Waals surface area contributed by atoms with Crippen LogP contribution in [0.2, 0.25) is 10.4 Å². The largest absolute Gasteiger partial charge is 0.497 e. The fourth-order valence-electron chi connectivity index (χ4n) is 1.58. The molecule has 3 rings (SSSR count). The molecule has 0 atom stereocenters. The maximum absolute atomic E-state index is 5.92. The first kappa shape index (κ1) is 13.4. The number of aromatic nitrogens is 5. The molecule has 9 heteroatoms. The first-order chi connectivity index (χ1) is 9.65. The Morgan fingerprint density at radius 3 is 2.85 bits per heavy atom. The Labute approximate surface area is 127 Å². The third-order valence-corrected chi connectivity index (χ3v) is 3.84. The summed E-state index contributed by atoms with van der Waals surface area (Å²) < 4.78 is 5.16. The number of imidazole rings is 1. The second kappa shape index (κ2) is 5.43. The first-order valence-electron chi connectivity index (χ1n) is 5.43. The molecule has 1 N–H and O–H groups in total. The second-order valence-electron chi connectivity index (χ2n) is 3.70. The van der Waals surface area contributed by atoms with Crippen LogP contribution in [0.15, 0.2) is 28.4 Å². The Morgan fingerprint density at radius 1 is 1.20 bits per heavy atom. The van der Waals surface area contributed by atoms with E-state index in [9.17, 15) is 0 Å². The van der Waals surface area contributed by atoms with Gasteiger partial charge >= 0.3 is 0 Å². The zero-order chi connectivity index (χ0) is 14.1. The van der Waals surface area contributed by atoms with Crippen molar-refractivity contribution >= 4 is 46.0 Å². The fraction of sp³-hybridized carbons (Fsp3) is 0.0909. The van der Waals surface area contributed by atoms with E-state index in [1.807, 2.05) is 18.2 Å². The average Bonchev–Trinajstić information content (AvgIpc) is 2.84. The zero-order valence-electron chi connectivity index (χ0n) is 10.1. The van der Waals surface area contributed by atoms with Gasteiger partial charge in [0, 0.05) is 6.07 Å². The van der Waals surface area contributed by atoms with E-state index in [4.69, 9.17) is 27.9 Å². The van der Waals surface area contributed by atoms with Crippen LogP contribution >= 0.6 is 35.0 Å². The number of rotatable bonds is 3. The minimum Gasteiger partial charge on any atom is -0.497 e. The van der Waals surface area contributed by atoms with Crippen molar-refractivity contribution in [2.24, 2.45) is 0 Å². The van der Waals surface area contributed by atoms with Crippen LogP contribution in [0.25, 0.3) is 11.0 Å². The number of fused-ring (bicyclic) bond motifs is 1. The van der Waals surface area contributed by atoms with E-state index in [0.29, 0.717) is 10.2 Å². The van der Waals surface area contributed by atoms with Gasteiger partial charge in [0.25, 0.3) is 0 Å². The monoisotopic (exact) mass is 327 g/mol. The molecule has 3 aromatic rings. The number of ether oxygens (including phenoxy) is 1. The molecule has 0 saturated heterocycles. The van der Waals surface area contributed by atoms with Gasteiger partial charge in [-0.05, 0) is 35.5 Å². The van der Waals surface area contributed by atoms with Crippen molar-refractivity contribution in [3.05, 3.63) is 28.6 Å². The number of hydrogen-bond acceptors (Lipinski definition) is 6. The van der Waals surface area contributed by atoms with Gasteiger partial charge in [-0.25, -0.2) is 9.97 Å². The van der Waals surface area contributed by atoms with Crippen LogP contribution in [0, 0.1) is 0 Å². The topological polar surface area (TPSA) is 76.6 Å². The van der Waals surface area contributed by atoms with Crippen LogP contribution in [-0.2, 0) is 0 Å². The number of H-pyrrole nitrogens is 1. The molecule has 0 saturated carbocycles. The van der Waals surface area contributed by atoms with E-state index < -0.39 is 0 Å². The van der Waals surface area contributed by atoms with Gasteiger partial charge in [-0.3, -0.25) is 0 Å². The van der Waals surface area contributed by atoms with Gasteiger partial charge in [0.2, 0.25) is 5.28 Å². The molecule has 0 bridgehead atoms. The number of nitrogens with one attached hydrogen (secondary N) is 1. The summed E-state index contributed by atoms with van der Waals surface area (Å²) in [5.74, 6) is 0.752. The lowest BCUT2D eigenvalue weighted by Crippen LogP contribution is -1.91. The number of nitrogens with zero attached hydrogens (tertiary/aromatic N) is 4. The number of aromatic amines is 1. The molecular weight excluding hydrogens is 321 g/mol. The zero-order valence-corrected chi connectivity index (χ0v) is 12.4. The summed E-state index contributed by atoms with van der Waals surface area (Å²) in [6, 6.07) is 5.56. The summed E-state index contributed by atoms with van der Waals surface area (Å²) in [5, 5.41) is 8.54. The van der Waals surface area contributed by atoms with Gasteiger partial charge in [-0.1, -0.05) is 11.6 Å². The van der Waals surface area contributed by atoms with Gasteiger partial charge in [-0.15, -0.1) is 10.2 Å². The van der Waals surface area contributed by atoms with Gasteiger partial charge in [0.1, 0.15) is 10.8 Å². The SMILES string of the molecule is COc1ccc2nc(Sc3nc(Cl)nnc3Cl)[nH]c2c1. The molecule has 0 aliphatic heterocycles. The van der Waals surface area contributed by atoms with Crippen molar-refractivity contribution in [2.45, 2.75) is 10.2 Å². The van der Waals surface area contributed by atoms with Crippen LogP contribution in [0.3, 0.4) is 0 Å². The molecule has 0 radical (unpaired) electrons. The molecule has 20 heavy (non-hydrogen) atoms. The normalized spacial score (nSPS) is 10.9. The average molecular weight is 328 g/mol. The molecule has 0 aliphatic carbocycles. The Morgan fingerprint density at radius 2 is 2.05 bits per heavy atom. The minimum atomic E-state index is 0.0367. The third kappa shape index (κ3) is 2.65. The van der Waals surface area contributed by atoms with Gasteiger partial charge in [0.15, 0.2) is 10.3 Å². The Kier molecular flexibility index (Phi) is 3.64. The highest BCUT2D eigenvalue weighted by Gasteiger charge is 2.11. The highest BCUT2D eigenvalue weighted by atomic mass is 35.5. The molecule has 0 spiro atoms. The van der Waals surface area contributed by atoms with E-state index in [1.54, 1.807) is 7.11 Å². The first-order valence-corrected chi connectivity index (χ1v) is 7.00. The maximum atomic E-state index is 5.92. The van der Waals surface area contributed by atoms with Gasteiger partial charge < -0.3 is 9.72 Å². The predicted octanol–water partition coefficient (Wildman–Crippen LogP) is 3.21. The summed E-state index contributed by atoms with van der Waals surface area (Å²) in [4.78, 5) is 11.6. The molecule has 0 aliphatic rings. The minimum absolute atomic E-state index is 0.0367. The van der Waals surface area contributed by atoms with Crippen LogP contribution in [-0.4, -0.2) is 32.3 Å². The summed E-state index contributed by atoms with van der Waals surface area (Å²) in [6.45, 7) is 0. The summed E-state index contributed by atoms with van der Waals surface area (Å²) >= 11 is 12.8. The van der Waals surface area contributed by atoms with Crippen LogP contribution < -0.4 is 4.74 Å². The predicted molar refractivity (Wildman–Crippen MR) is 76.6 cm³/mol. The summed E-state index contributed by atoms with van der Waals surface area (Å²) in [5.41, 5.74) is 1.67. The molecule has 0 amide bonds. The Balaban J connectivity index is 1.96. The Hall–Kier alpha value is -1.57. The van der Waals surface area contributed by atoms with Crippen LogP contribution in [0.4, 0.5) is 0 Å². The third-order valence-electron chi connectivity index (χ3n) is 2.45. The quantitative estimate of drug-likeness (QED) is 0.795. The van der Waals surface area contributed by atoms with Crippen molar-refractivity contribution in [3.63, 3.8) is 0 Å². The van der Waals surface area contributed by atoms with Crippen molar-refractivity contribution in [3.8, 4) is 5.75 Å². The van der Waals surface area contributed by atoms with Gasteiger partial charge in [-0.2, -0.15) is 0 Å². The molecule has 2 aromatic heterocycles. The lowest BCUT2D eigenvalue weighted by Gasteiger charge is -1.98. The van der Waals surface area contributed by atoms with E-state index in [-0.39, 0.29) is 10.4 Å². The summed E-state index contributed by atoms with van der Waals surface area (Å²) in [6.07, 6.45) is 0. The van der Waals surface area contributed by atoms with E-state index >= 15 is 0 Å². The molecule has 0 fully saturated rings. The summed E-state index contributed by atoms with van der Waals surface area (Å²) in [7, 11) is 1.61. The molecule has 6 nitrogen and oxygen atoms in total. The van der Waals surface area contributed by atoms with Crippen LogP contribution in [0.5, 0.6) is 5.75 Å². The highest BCUT2D eigenvalue weighted by Crippen LogP contribution is 2.30. The van der Waals surface area contributed by atoms with Crippen molar-refractivity contribution in [1.29, 1.82) is 0 Å². The van der Waals surface area contributed by atoms with E-state index in [0.717, 1.165) is 16.8 Å². The van der Waals surface area contributed by atoms with Crippen molar-refractivity contribution in [2.75, 3.05) is 7.11 Å². The lowest BCUT2D eigenvalue weighted by atomic mass is 10.3. The fourth-order valence-corrected chi connectivity index (χ4v) is 2.69.